The summed E-state index contributed by atoms with van der Waals surface area (Å²) in [6.07, 6.45) is -0.477. The van der Waals surface area contributed by atoms with Crippen molar-refractivity contribution >= 4 is 37.9 Å². The van der Waals surface area contributed by atoms with Gasteiger partial charge in [0, 0.05) is 30.8 Å². The van der Waals surface area contributed by atoms with Crippen molar-refractivity contribution in [3.05, 3.63) is 99.6 Å². The van der Waals surface area contributed by atoms with Crippen LogP contribution in [-0.4, -0.2) is 72.9 Å². The summed E-state index contributed by atoms with van der Waals surface area (Å²) in [6.45, 7) is 16.4. The largest absolute Gasteiger partial charge is 0.544 e. The molecule has 1 aliphatic heterocycles. The van der Waals surface area contributed by atoms with Crippen molar-refractivity contribution in [1.29, 1.82) is 0 Å². The van der Waals surface area contributed by atoms with Crippen molar-refractivity contribution in [3.8, 4) is 11.5 Å². The maximum Gasteiger partial charge on any atom is 0.410 e. The molecule has 1 fully saturated rings. The normalized spacial score (nSPS) is 16.6. The Bertz CT molecular complexity index is 1760. The number of carbonyl (C=O) groups is 4. The van der Waals surface area contributed by atoms with Crippen LogP contribution in [0.3, 0.4) is 0 Å². The van der Waals surface area contributed by atoms with E-state index in [1.54, 1.807) is 45.0 Å². The minimum Gasteiger partial charge on any atom is -0.544 e. The standard InChI is InChI=1S/C38H47N3O10Si/c1-37(2,3)50-36(45)40-23-9-10-32(31(24-40)39-33(42)25-13-21-30(22-14-25)51-52(7,8)38(4,5)6)49-35(44)27-15-19-29(20-16-27)48-34(43)26-11-17-28(18-12-26)41(46)47/h11-22,31-32H,9-10,23-24H2,1-8H3,(H,39,42)/t31-,32-/m1/s1. The average molecular weight is 734 g/mol. The first-order valence-corrected chi connectivity index (χ1v) is 20.0. The molecule has 2 amide bonds. The van der Waals surface area contributed by atoms with Gasteiger partial charge in [-0.15, -0.1) is 0 Å². The lowest BCUT2D eigenvalue weighted by molar-refractivity contribution is -0.384. The molecule has 0 aromatic heterocycles. The number of nitro benzene ring substituents is 1. The number of amides is 2. The van der Waals surface area contributed by atoms with Gasteiger partial charge in [-0.05, 0) is 112 Å². The molecular formula is C38H47N3O10Si. The smallest absolute Gasteiger partial charge is 0.410 e. The summed E-state index contributed by atoms with van der Waals surface area (Å²) in [7, 11) is -2.09. The van der Waals surface area contributed by atoms with Crippen molar-refractivity contribution < 1.29 is 42.7 Å². The molecule has 1 saturated heterocycles. The molecule has 278 valence electrons. The second-order valence-electron chi connectivity index (χ2n) is 15.2. The Morgan fingerprint density at radius 1 is 0.808 bits per heavy atom. The van der Waals surface area contributed by atoms with Gasteiger partial charge in [0.25, 0.3) is 11.6 Å². The predicted octanol–water partition coefficient (Wildman–Crippen LogP) is 7.55. The average Bonchev–Trinajstić information content (AvgIpc) is 3.25. The van der Waals surface area contributed by atoms with Gasteiger partial charge in [0.05, 0.1) is 22.1 Å². The van der Waals surface area contributed by atoms with Gasteiger partial charge in [0.15, 0.2) is 0 Å². The summed E-state index contributed by atoms with van der Waals surface area (Å²) < 4.78 is 23.3. The highest BCUT2D eigenvalue weighted by Crippen LogP contribution is 2.37. The zero-order valence-corrected chi connectivity index (χ0v) is 31.9. The first-order chi connectivity index (χ1) is 24.2. The molecule has 13 nitrogen and oxygen atoms in total. The zero-order valence-electron chi connectivity index (χ0n) is 30.9. The van der Waals surface area contributed by atoms with Crippen LogP contribution in [0, 0.1) is 10.1 Å². The van der Waals surface area contributed by atoms with Crippen molar-refractivity contribution in [1.82, 2.24) is 10.2 Å². The number of nitrogens with zero attached hydrogens (tertiary/aromatic N) is 2. The van der Waals surface area contributed by atoms with Crippen LogP contribution in [0.2, 0.25) is 18.1 Å². The van der Waals surface area contributed by atoms with E-state index >= 15 is 0 Å². The van der Waals surface area contributed by atoms with Gasteiger partial charge in [-0.3, -0.25) is 14.9 Å². The van der Waals surface area contributed by atoms with Crippen molar-refractivity contribution in [2.24, 2.45) is 0 Å². The highest BCUT2D eigenvalue weighted by molar-refractivity contribution is 6.74. The van der Waals surface area contributed by atoms with Crippen molar-refractivity contribution in [3.63, 3.8) is 0 Å². The van der Waals surface area contributed by atoms with E-state index in [0.29, 0.717) is 30.7 Å². The number of rotatable bonds is 9. The number of nitrogens with one attached hydrogen (secondary N) is 1. The van der Waals surface area contributed by atoms with E-state index in [2.05, 4.69) is 39.2 Å². The quantitative estimate of drug-likeness (QED) is 0.0763. The van der Waals surface area contributed by atoms with E-state index < -0.39 is 54.9 Å². The Kier molecular flexibility index (Phi) is 12.1. The van der Waals surface area contributed by atoms with Crippen molar-refractivity contribution in [2.45, 2.75) is 90.3 Å². The zero-order chi connectivity index (χ0) is 38.4. The third-order valence-electron chi connectivity index (χ3n) is 8.92. The molecule has 0 saturated carbocycles. The van der Waals surface area contributed by atoms with Crippen LogP contribution < -0.4 is 14.5 Å². The first kappa shape index (κ1) is 39.5. The molecule has 0 radical (unpaired) electrons. The summed E-state index contributed by atoms with van der Waals surface area (Å²) in [4.78, 5) is 64.4. The molecule has 3 aromatic rings. The summed E-state index contributed by atoms with van der Waals surface area (Å²) in [5.74, 6) is -0.985. The van der Waals surface area contributed by atoms with E-state index in [4.69, 9.17) is 18.6 Å². The van der Waals surface area contributed by atoms with Gasteiger partial charge < -0.3 is 28.9 Å². The number of benzene rings is 3. The Hall–Kier alpha value is -5.24. The fraction of sp³-hybridized carbons (Fsp3) is 0.421. The fourth-order valence-corrected chi connectivity index (χ4v) is 6.06. The third-order valence-corrected chi connectivity index (χ3v) is 13.3. The second kappa shape index (κ2) is 16.0. The van der Waals surface area contributed by atoms with Crippen LogP contribution in [0.4, 0.5) is 10.5 Å². The van der Waals surface area contributed by atoms with Gasteiger partial charge in [-0.1, -0.05) is 20.8 Å². The highest BCUT2D eigenvalue weighted by Gasteiger charge is 2.39. The Labute approximate surface area is 304 Å². The van der Waals surface area contributed by atoms with Crippen LogP contribution in [0.1, 0.15) is 85.5 Å². The lowest BCUT2D eigenvalue weighted by Crippen LogP contribution is -2.51. The molecule has 0 aliphatic carbocycles. The number of esters is 2. The summed E-state index contributed by atoms with van der Waals surface area (Å²) in [5.41, 5.74) is -0.227. The Balaban J connectivity index is 1.47. The van der Waals surface area contributed by atoms with Gasteiger partial charge in [-0.25, -0.2) is 14.4 Å². The van der Waals surface area contributed by atoms with Crippen LogP contribution in [0.15, 0.2) is 72.8 Å². The molecule has 3 aromatic carbocycles. The molecule has 2 atom stereocenters. The third kappa shape index (κ3) is 10.6. The van der Waals surface area contributed by atoms with Crippen LogP contribution in [0.25, 0.3) is 0 Å². The van der Waals surface area contributed by atoms with Gasteiger partial charge in [0.1, 0.15) is 23.2 Å². The predicted molar refractivity (Wildman–Crippen MR) is 196 cm³/mol. The van der Waals surface area contributed by atoms with Gasteiger partial charge in [0.2, 0.25) is 8.32 Å². The molecule has 1 N–H and O–H groups in total. The minimum atomic E-state index is -2.09. The topological polar surface area (TPSA) is 164 Å². The van der Waals surface area contributed by atoms with E-state index in [1.807, 2.05) is 0 Å². The Morgan fingerprint density at radius 3 is 1.90 bits per heavy atom. The number of non-ortho nitro benzene ring substituents is 1. The van der Waals surface area contributed by atoms with Crippen molar-refractivity contribution in [2.75, 3.05) is 13.1 Å². The van der Waals surface area contributed by atoms with Crippen LogP contribution in [0.5, 0.6) is 11.5 Å². The molecule has 1 heterocycles. The molecule has 14 heteroatoms. The molecule has 0 spiro atoms. The Morgan fingerprint density at radius 2 is 1.35 bits per heavy atom. The second-order valence-corrected chi connectivity index (χ2v) is 19.9. The molecule has 0 bridgehead atoms. The lowest BCUT2D eigenvalue weighted by Gasteiger charge is -2.36. The van der Waals surface area contributed by atoms with Gasteiger partial charge >= 0.3 is 18.0 Å². The van der Waals surface area contributed by atoms with E-state index in [0.717, 1.165) is 0 Å². The van der Waals surface area contributed by atoms with Crippen LogP contribution in [-0.2, 0) is 9.47 Å². The fourth-order valence-electron chi connectivity index (χ4n) is 5.03. The summed E-state index contributed by atoms with van der Waals surface area (Å²) >= 11 is 0. The molecule has 52 heavy (non-hydrogen) atoms. The molecule has 1 aliphatic rings. The molecule has 4 rings (SSSR count). The number of carbonyl (C=O) groups excluding carboxylic acids is 4. The van der Waals surface area contributed by atoms with E-state index in [9.17, 15) is 29.3 Å². The maximum absolute atomic E-state index is 13.6. The van der Waals surface area contributed by atoms with E-state index in [1.165, 1.54) is 53.4 Å². The SMILES string of the molecule is CC(C)(C)OC(=O)N1CCC[C@@H](OC(=O)c2ccc(OC(=O)c3ccc([N+](=O)[O-])cc3)cc2)[C@H](NC(=O)c2ccc(O[Si](C)(C)C(C)(C)C)cc2)C1. The van der Waals surface area contributed by atoms with Gasteiger partial charge in [-0.2, -0.15) is 0 Å². The lowest BCUT2D eigenvalue weighted by atomic mass is 10.1. The molecular weight excluding hydrogens is 687 g/mol. The summed E-state index contributed by atoms with van der Waals surface area (Å²) in [6, 6.07) is 16.8. The number of nitro groups is 1. The number of likely N-dealkylation sites (tertiary alicyclic amines) is 1. The first-order valence-electron chi connectivity index (χ1n) is 17.1. The van der Waals surface area contributed by atoms with Crippen LogP contribution >= 0.6 is 0 Å². The number of hydrogen-bond donors (Lipinski definition) is 1. The molecule has 0 unspecified atom stereocenters. The monoisotopic (exact) mass is 733 g/mol. The summed E-state index contributed by atoms with van der Waals surface area (Å²) in [5, 5.41) is 13.9. The number of hydrogen-bond acceptors (Lipinski definition) is 10. The number of ether oxygens (including phenoxy) is 3. The van der Waals surface area contributed by atoms with E-state index in [-0.39, 0.29) is 34.1 Å². The maximum atomic E-state index is 13.6. The minimum absolute atomic E-state index is 0.000992. The highest BCUT2D eigenvalue weighted by atomic mass is 28.4.